The van der Waals surface area contributed by atoms with Crippen molar-refractivity contribution < 1.29 is 18.3 Å². The first kappa shape index (κ1) is 13.5. The molecule has 0 aliphatic carbocycles. The maximum atomic E-state index is 12.4. The van der Waals surface area contributed by atoms with Gasteiger partial charge in [-0.15, -0.1) is 0 Å². The largest absolute Gasteiger partial charge is 0.417 e. The van der Waals surface area contributed by atoms with Crippen LogP contribution in [0.5, 0.6) is 0 Å². The summed E-state index contributed by atoms with van der Waals surface area (Å²) in [7, 11) is 0. The van der Waals surface area contributed by atoms with Crippen molar-refractivity contribution in [3.05, 3.63) is 59.7 Å². The zero-order valence-electron chi connectivity index (χ0n) is 9.80. The summed E-state index contributed by atoms with van der Waals surface area (Å²) in [5.74, 6) is 0. The summed E-state index contributed by atoms with van der Waals surface area (Å²) in [5.41, 5.74) is 0.223. The molecule has 3 nitrogen and oxygen atoms in total. The number of halogens is 3. The first-order chi connectivity index (χ1) is 8.97. The van der Waals surface area contributed by atoms with Crippen molar-refractivity contribution in [1.29, 1.82) is 0 Å². The topological polar surface area (TPSA) is 46.0 Å². The van der Waals surface area contributed by atoms with E-state index in [1.807, 2.05) is 0 Å². The highest BCUT2D eigenvalue weighted by atomic mass is 19.4. The summed E-state index contributed by atoms with van der Waals surface area (Å²) in [6, 6.07) is 5.56. The molecule has 2 heterocycles. The zero-order valence-corrected chi connectivity index (χ0v) is 9.80. The van der Waals surface area contributed by atoms with Crippen molar-refractivity contribution in [3.63, 3.8) is 0 Å². The van der Waals surface area contributed by atoms with Crippen molar-refractivity contribution in [2.45, 2.75) is 18.7 Å². The monoisotopic (exact) mass is 268 g/mol. The number of alkyl halides is 3. The summed E-state index contributed by atoms with van der Waals surface area (Å²) < 4.78 is 37.1. The SMILES string of the molecule is OC(Cc1ccncc1)c1ccc(C(F)(F)F)cn1. The average Bonchev–Trinajstić information content (AvgIpc) is 2.39. The number of hydrogen-bond donors (Lipinski definition) is 1. The van der Waals surface area contributed by atoms with Crippen molar-refractivity contribution in [1.82, 2.24) is 9.97 Å². The lowest BCUT2D eigenvalue weighted by Crippen LogP contribution is -2.08. The molecule has 19 heavy (non-hydrogen) atoms. The minimum atomic E-state index is -4.42. The molecule has 0 amide bonds. The van der Waals surface area contributed by atoms with E-state index >= 15 is 0 Å². The van der Waals surface area contributed by atoms with Gasteiger partial charge in [-0.25, -0.2) is 0 Å². The van der Waals surface area contributed by atoms with E-state index < -0.39 is 17.8 Å². The Morgan fingerprint density at radius 1 is 1.11 bits per heavy atom. The lowest BCUT2D eigenvalue weighted by molar-refractivity contribution is -0.137. The first-order valence-electron chi connectivity index (χ1n) is 5.57. The van der Waals surface area contributed by atoms with Crippen LogP contribution in [0.2, 0.25) is 0 Å². The summed E-state index contributed by atoms with van der Waals surface area (Å²) in [6.07, 6.45) is -1.18. The molecule has 1 atom stereocenters. The molecule has 0 radical (unpaired) electrons. The second-order valence-electron chi connectivity index (χ2n) is 4.04. The van der Waals surface area contributed by atoms with Crippen LogP contribution in [-0.2, 0) is 12.6 Å². The van der Waals surface area contributed by atoms with Crippen molar-refractivity contribution >= 4 is 0 Å². The molecule has 2 aromatic rings. The molecule has 0 bridgehead atoms. The highest BCUT2D eigenvalue weighted by Gasteiger charge is 2.30. The lowest BCUT2D eigenvalue weighted by atomic mass is 10.1. The normalized spacial score (nSPS) is 13.3. The van der Waals surface area contributed by atoms with Crippen molar-refractivity contribution in [2.75, 3.05) is 0 Å². The van der Waals surface area contributed by atoms with Crippen LogP contribution >= 0.6 is 0 Å². The van der Waals surface area contributed by atoms with E-state index in [9.17, 15) is 18.3 Å². The highest BCUT2D eigenvalue weighted by Crippen LogP contribution is 2.29. The maximum Gasteiger partial charge on any atom is 0.417 e. The van der Waals surface area contributed by atoms with E-state index in [-0.39, 0.29) is 12.1 Å². The van der Waals surface area contributed by atoms with Gasteiger partial charge in [0.25, 0.3) is 0 Å². The summed E-state index contributed by atoms with van der Waals surface area (Å²) >= 11 is 0. The smallest absolute Gasteiger partial charge is 0.386 e. The molecular weight excluding hydrogens is 257 g/mol. The Morgan fingerprint density at radius 2 is 1.79 bits per heavy atom. The van der Waals surface area contributed by atoms with Gasteiger partial charge in [-0.2, -0.15) is 13.2 Å². The van der Waals surface area contributed by atoms with Gasteiger partial charge in [0.05, 0.1) is 17.4 Å². The predicted molar refractivity (Wildman–Crippen MR) is 62.1 cm³/mol. The van der Waals surface area contributed by atoms with Crippen LogP contribution in [-0.4, -0.2) is 15.1 Å². The molecule has 0 aliphatic rings. The number of rotatable bonds is 3. The van der Waals surface area contributed by atoms with Gasteiger partial charge in [0.1, 0.15) is 0 Å². The summed E-state index contributed by atoms with van der Waals surface area (Å²) in [5, 5.41) is 9.90. The van der Waals surface area contributed by atoms with E-state index in [0.717, 1.165) is 17.8 Å². The van der Waals surface area contributed by atoms with Gasteiger partial charge in [0.15, 0.2) is 0 Å². The third-order valence-corrected chi connectivity index (χ3v) is 2.63. The third-order valence-electron chi connectivity index (χ3n) is 2.63. The minimum absolute atomic E-state index is 0.213. The number of nitrogens with zero attached hydrogens (tertiary/aromatic N) is 2. The second kappa shape index (κ2) is 5.36. The van der Waals surface area contributed by atoms with E-state index in [0.29, 0.717) is 0 Å². The standard InChI is InChI=1S/C13H11F3N2O/c14-13(15,16)10-1-2-11(18-8-10)12(19)7-9-3-5-17-6-4-9/h1-6,8,12,19H,7H2. The molecule has 2 aromatic heterocycles. The average molecular weight is 268 g/mol. The molecule has 100 valence electrons. The molecular formula is C13H11F3N2O. The molecule has 1 N–H and O–H groups in total. The zero-order chi connectivity index (χ0) is 13.9. The molecule has 0 aromatic carbocycles. The number of aliphatic hydroxyl groups is 1. The minimum Gasteiger partial charge on any atom is -0.386 e. The van der Waals surface area contributed by atoms with Crippen LogP contribution in [0.15, 0.2) is 42.9 Å². The summed E-state index contributed by atoms with van der Waals surface area (Å²) in [6.45, 7) is 0. The van der Waals surface area contributed by atoms with E-state index in [1.165, 1.54) is 6.07 Å². The Balaban J connectivity index is 2.10. The van der Waals surface area contributed by atoms with Gasteiger partial charge in [-0.3, -0.25) is 9.97 Å². The molecule has 1 unspecified atom stereocenters. The van der Waals surface area contributed by atoms with Gasteiger partial charge in [-0.05, 0) is 29.8 Å². The molecule has 0 spiro atoms. The van der Waals surface area contributed by atoms with Crippen LogP contribution < -0.4 is 0 Å². The van der Waals surface area contributed by atoms with E-state index in [4.69, 9.17) is 0 Å². The Bertz CT molecular complexity index is 526. The lowest BCUT2D eigenvalue weighted by Gasteiger charge is -2.11. The highest BCUT2D eigenvalue weighted by molar-refractivity contribution is 5.20. The van der Waals surface area contributed by atoms with Crippen LogP contribution in [0.3, 0.4) is 0 Å². The fourth-order valence-corrected chi connectivity index (χ4v) is 1.62. The van der Waals surface area contributed by atoms with Crippen LogP contribution in [0.1, 0.15) is 22.9 Å². The number of aliphatic hydroxyl groups excluding tert-OH is 1. The number of aromatic nitrogens is 2. The molecule has 0 saturated heterocycles. The van der Waals surface area contributed by atoms with Gasteiger partial charge in [0, 0.05) is 25.0 Å². The van der Waals surface area contributed by atoms with Crippen LogP contribution in [0, 0.1) is 0 Å². The van der Waals surface area contributed by atoms with E-state index in [1.54, 1.807) is 24.5 Å². The first-order valence-corrected chi connectivity index (χ1v) is 5.57. The second-order valence-corrected chi connectivity index (χ2v) is 4.04. The third kappa shape index (κ3) is 3.51. The van der Waals surface area contributed by atoms with Gasteiger partial charge in [-0.1, -0.05) is 0 Å². The molecule has 2 rings (SSSR count). The fraction of sp³-hybridized carbons (Fsp3) is 0.231. The molecule has 6 heteroatoms. The quantitative estimate of drug-likeness (QED) is 0.931. The summed E-state index contributed by atoms with van der Waals surface area (Å²) in [4.78, 5) is 7.50. The van der Waals surface area contributed by atoms with E-state index in [2.05, 4.69) is 9.97 Å². The Hall–Kier alpha value is -1.95. The predicted octanol–water partition coefficient (Wildman–Crippen LogP) is 2.77. The van der Waals surface area contributed by atoms with Gasteiger partial charge >= 0.3 is 6.18 Å². The Kier molecular flexibility index (Phi) is 3.80. The number of pyridine rings is 2. The Labute approximate surface area is 107 Å². The van der Waals surface area contributed by atoms with Gasteiger partial charge < -0.3 is 5.11 Å². The van der Waals surface area contributed by atoms with Crippen molar-refractivity contribution in [3.8, 4) is 0 Å². The molecule has 0 aliphatic heterocycles. The number of hydrogen-bond acceptors (Lipinski definition) is 3. The van der Waals surface area contributed by atoms with Gasteiger partial charge in [0.2, 0.25) is 0 Å². The van der Waals surface area contributed by atoms with Crippen LogP contribution in [0.4, 0.5) is 13.2 Å². The fourth-order valence-electron chi connectivity index (χ4n) is 1.62. The maximum absolute atomic E-state index is 12.4. The Morgan fingerprint density at radius 3 is 2.32 bits per heavy atom. The van der Waals surface area contributed by atoms with Crippen LogP contribution in [0.25, 0.3) is 0 Å². The molecule has 0 saturated carbocycles. The van der Waals surface area contributed by atoms with Crippen molar-refractivity contribution in [2.24, 2.45) is 0 Å². The molecule has 0 fully saturated rings.